The Labute approximate surface area is 201 Å². The number of nitrogens with one attached hydrogen (secondary N) is 1. The molecule has 4 aromatic rings. The molecule has 178 valence electrons. The van der Waals surface area contributed by atoms with E-state index in [9.17, 15) is 17.6 Å². The van der Waals surface area contributed by atoms with Crippen LogP contribution in [0.15, 0.2) is 71.2 Å². The van der Waals surface area contributed by atoms with E-state index in [1.165, 1.54) is 29.7 Å². The summed E-state index contributed by atoms with van der Waals surface area (Å²) >= 11 is 1.22. The lowest BCUT2D eigenvalue weighted by Gasteiger charge is -2.36. The summed E-state index contributed by atoms with van der Waals surface area (Å²) in [6.45, 7) is 2.63. The van der Waals surface area contributed by atoms with Gasteiger partial charge in [-0.1, -0.05) is 0 Å². The van der Waals surface area contributed by atoms with E-state index in [1.807, 2.05) is 9.47 Å². The van der Waals surface area contributed by atoms with E-state index in [0.29, 0.717) is 31.3 Å². The van der Waals surface area contributed by atoms with Crippen LogP contribution >= 0.6 is 11.3 Å². The number of anilines is 2. The van der Waals surface area contributed by atoms with Crippen LogP contribution < -0.4 is 9.62 Å². The maximum Gasteiger partial charge on any atom is 0.263 e. The first-order chi connectivity index (χ1) is 16.4. The summed E-state index contributed by atoms with van der Waals surface area (Å²) in [6.07, 6.45) is 3.34. The smallest absolute Gasteiger partial charge is 0.263 e. The summed E-state index contributed by atoms with van der Waals surface area (Å²) in [5.41, 5.74) is 1.73. The lowest BCUT2D eigenvalue weighted by molar-refractivity contribution is -0.132. The van der Waals surface area contributed by atoms with Crippen LogP contribution in [0.1, 0.15) is 1.43 Å². The molecule has 1 aliphatic rings. The second kappa shape index (κ2) is 9.07. The summed E-state index contributed by atoms with van der Waals surface area (Å²) in [7, 11) is -3.69. The standard InChI is InChI=1S/C23H22FN5O3S2.H2/c24-18-1-6-21-17(15-18)7-9-29(21)16-22(30)28-12-10-27(11-13-28)19-2-4-20(5-3-19)34(31,32)26-23-25-8-14-33-23;/h1-9,14-15H,10-13,16H2,(H,25,26);1H. The number of nitrogens with zero attached hydrogens (tertiary/aromatic N) is 4. The number of hydrogen-bond donors (Lipinski definition) is 1. The molecule has 0 saturated carbocycles. The number of rotatable bonds is 6. The minimum atomic E-state index is -3.69. The zero-order valence-electron chi connectivity index (χ0n) is 18.1. The summed E-state index contributed by atoms with van der Waals surface area (Å²) in [4.78, 5) is 20.9. The van der Waals surface area contributed by atoms with Crippen molar-refractivity contribution in [2.45, 2.75) is 11.4 Å². The van der Waals surface area contributed by atoms with Gasteiger partial charge in [0.2, 0.25) is 5.91 Å². The normalized spacial score (nSPS) is 14.5. The van der Waals surface area contributed by atoms with Gasteiger partial charge in [0.25, 0.3) is 10.0 Å². The van der Waals surface area contributed by atoms with Crippen LogP contribution in [0, 0.1) is 5.82 Å². The molecule has 0 spiro atoms. The number of halogens is 1. The largest absolute Gasteiger partial charge is 0.368 e. The molecule has 5 rings (SSSR count). The maximum atomic E-state index is 13.4. The number of sulfonamides is 1. The van der Waals surface area contributed by atoms with Crippen molar-refractivity contribution < 1.29 is 19.0 Å². The molecular formula is C23H24FN5O3S2. The van der Waals surface area contributed by atoms with E-state index < -0.39 is 10.0 Å². The first-order valence-electron chi connectivity index (χ1n) is 10.7. The van der Waals surface area contributed by atoms with E-state index in [2.05, 4.69) is 14.6 Å². The summed E-state index contributed by atoms with van der Waals surface area (Å²) in [5.74, 6) is -0.287. The van der Waals surface area contributed by atoms with Gasteiger partial charge in [-0.3, -0.25) is 9.52 Å². The van der Waals surface area contributed by atoms with Crippen molar-refractivity contribution in [3.8, 4) is 0 Å². The third-order valence-electron chi connectivity index (χ3n) is 5.84. The van der Waals surface area contributed by atoms with Gasteiger partial charge in [-0.15, -0.1) is 11.3 Å². The van der Waals surface area contributed by atoms with Crippen LogP contribution in [0.25, 0.3) is 10.9 Å². The average Bonchev–Trinajstić information content (AvgIpc) is 3.48. The molecule has 11 heteroatoms. The van der Waals surface area contributed by atoms with E-state index in [1.54, 1.807) is 48.0 Å². The number of thiazole rings is 1. The molecule has 1 amide bonds. The highest BCUT2D eigenvalue weighted by Crippen LogP contribution is 2.23. The molecule has 0 bridgehead atoms. The zero-order chi connectivity index (χ0) is 23.7. The van der Waals surface area contributed by atoms with Crippen molar-refractivity contribution in [1.29, 1.82) is 0 Å². The molecule has 34 heavy (non-hydrogen) atoms. The fourth-order valence-corrected chi connectivity index (χ4v) is 5.84. The van der Waals surface area contributed by atoms with Crippen LogP contribution in [0.4, 0.5) is 15.2 Å². The molecule has 1 N–H and O–H groups in total. The monoisotopic (exact) mass is 501 g/mol. The number of amides is 1. The van der Waals surface area contributed by atoms with Crippen LogP contribution in [-0.2, 0) is 21.4 Å². The Bertz CT molecular complexity index is 1420. The van der Waals surface area contributed by atoms with Gasteiger partial charge in [0.15, 0.2) is 5.13 Å². The number of fused-ring (bicyclic) bond motifs is 1. The fraction of sp³-hybridized carbons (Fsp3) is 0.217. The van der Waals surface area contributed by atoms with Crippen molar-refractivity contribution in [3.05, 3.63) is 72.1 Å². The first kappa shape index (κ1) is 22.4. The number of piperazine rings is 1. The van der Waals surface area contributed by atoms with Gasteiger partial charge in [0.05, 0.1) is 4.90 Å². The lowest BCUT2D eigenvalue weighted by atomic mass is 10.2. The third-order valence-corrected chi connectivity index (χ3v) is 8.01. The number of benzene rings is 2. The van der Waals surface area contributed by atoms with Gasteiger partial charge in [-0.2, -0.15) is 0 Å². The van der Waals surface area contributed by atoms with Gasteiger partial charge in [-0.05, 0) is 48.5 Å². The Morgan fingerprint density at radius 1 is 1.09 bits per heavy atom. The Morgan fingerprint density at radius 2 is 1.85 bits per heavy atom. The molecule has 3 heterocycles. The van der Waals surface area contributed by atoms with E-state index >= 15 is 0 Å². The maximum absolute atomic E-state index is 13.4. The third kappa shape index (κ3) is 4.62. The fourth-order valence-electron chi connectivity index (χ4n) is 4.05. The molecule has 0 radical (unpaired) electrons. The minimum absolute atomic E-state index is 0. The van der Waals surface area contributed by atoms with Gasteiger partial charge in [0, 0.05) is 62.0 Å². The summed E-state index contributed by atoms with van der Waals surface area (Å²) in [6, 6.07) is 13.0. The molecule has 2 aromatic carbocycles. The van der Waals surface area contributed by atoms with Crippen molar-refractivity contribution in [2.75, 3.05) is 35.8 Å². The average molecular weight is 502 g/mol. The second-order valence-corrected chi connectivity index (χ2v) is 10.5. The van der Waals surface area contributed by atoms with E-state index in [-0.39, 0.29) is 24.6 Å². The van der Waals surface area contributed by atoms with Crippen LogP contribution in [0.3, 0.4) is 0 Å². The van der Waals surface area contributed by atoms with Crippen molar-refractivity contribution in [3.63, 3.8) is 0 Å². The molecule has 2 aromatic heterocycles. The summed E-state index contributed by atoms with van der Waals surface area (Å²) < 4.78 is 42.7. The molecule has 8 nitrogen and oxygen atoms in total. The number of aromatic nitrogens is 2. The topological polar surface area (TPSA) is 87.5 Å². The molecular weight excluding hydrogens is 477 g/mol. The lowest BCUT2D eigenvalue weighted by Crippen LogP contribution is -2.49. The Balaban J connectivity index is 0.00000289. The van der Waals surface area contributed by atoms with Crippen LogP contribution in [0.5, 0.6) is 0 Å². The van der Waals surface area contributed by atoms with Gasteiger partial charge >= 0.3 is 0 Å². The Hall–Kier alpha value is -3.44. The van der Waals surface area contributed by atoms with Gasteiger partial charge < -0.3 is 14.4 Å². The molecule has 0 unspecified atom stereocenters. The number of hydrogen-bond acceptors (Lipinski definition) is 6. The SMILES string of the molecule is O=C(Cn1ccc2cc(F)ccc21)N1CCN(c2ccc(S(=O)(=O)Nc3nccs3)cc2)CC1.[HH]. The number of carbonyl (C=O) groups excluding carboxylic acids is 1. The van der Waals surface area contributed by atoms with E-state index in [0.717, 1.165) is 16.6 Å². The molecule has 0 aliphatic carbocycles. The Morgan fingerprint density at radius 3 is 2.56 bits per heavy atom. The molecule has 1 fully saturated rings. The molecule has 0 atom stereocenters. The highest BCUT2D eigenvalue weighted by molar-refractivity contribution is 7.93. The van der Waals surface area contributed by atoms with Crippen LogP contribution in [0.2, 0.25) is 0 Å². The van der Waals surface area contributed by atoms with E-state index in [4.69, 9.17) is 0 Å². The minimum Gasteiger partial charge on any atom is -0.368 e. The molecule has 1 saturated heterocycles. The van der Waals surface area contributed by atoms with Gasteiger partial charge in [0.1, 0.15) is 12.4 Å². The number of carbonyl (C=O) groups is 1. The predicted molar refractivity (Wildman–Crippen MR) is 132 cm³/mol. The van der Waals surface area contributed by atoms with Crippen molar-refractivity contribution >= 4 is 49.0 Å². The predicted octanol–water partition coefficient (Wildman–Crippen LogP) is 3.63. The highest BCUT2D eigenvalue weighted by atomic mass is 32.2. The van der Waals surface area contributed by atoms with Crippen molar-refractivity contribution in [1.82, 2.24) is 14.5 Å². The van der Waals surface area contributed by atoms with Gasteiger partial charge in [-0.25, -0.2) is 17.8 Å². The quantitative estimate of drug-likeness (QED) is 0.436. The molecule has 1 aliphatic heterocycles. The first-order valence-corrected chi connectivity index (χ1v) is 13.0. The van der Waals surface area contributed by atoms with Crippen molar-refractivity contribution in [2.24, 2.45) is 0 Å². The highest BCUT2D eigenvalue weighted by Gasteiger charge is 2.23. The summed E-state index contributed by atoms with van der Waals surface area (Å²) in [5, 5.41) is 2.79. The Kier molecular flexibility index (Phi) is 5.96. The van der Waals surface area contributed by atoms with Crippen LogP contribution in [-0.4, -0.2) is 55.0 Å². The second-order valence-electron chi connectivity index (χ2n) is 7.95. The zero-order valence-corrected chi connectivity index (χ0v) is 19.7.